The van der Waals surface area contributed by atoms with Crippen LogP contribution in [0.1, 0.15) is 29.4 Å². The highest BCUT2D eigenvalue weighted by Crippen LogP contribution is 2.17. The van der Waals surface area contributed by atoms with Gasteiger partial charge >= 0.3 is 0 Å². The molecule has 9 heteroatoms. The first-order valence-corrected chi connectivity index (χ1v) is 11.6. The van der Waals surface area contributed by atoms with Gasteiger partial charge < -0.3 is 10.6 Å². The Morgan fingerprint density at radius 3 is 2.42 bits per heavy atom. The second kappa shape index (κ2) is 9.76. The van der Waals surface area contributed by atoms with Crippen molar-refractivity contribution in [3.8, 4) is 5.69 Å². The summed E-state index contributed by atoms with van der Waals surface area (Å²) in [5.74, 6) is 0.668. The summed E-state index contributed by atoms with van der Waals surface area (Å²) in [6, 6.07) is 16.6. The molecular weight excluding hydrogens is 412 g/mol. The minimum Gasteiger partial charge on any atom is -0.357 e. The second-order valence-corrected chi connectivity index (χ2v) is 8.77. The number of rotatable bonds is 7. The van der Waals surface area contributed by atoms with Crippen LogP contribution in [-0.2, 0) is 23.1 Å². The molecule has 0 fully saturated rings. The number of aliphatic imine (C=N–C) groups is 1. The number of benzene rings is 2. The van der Waals surface area contributed by atoms with Gasteiger partial charge in [0, 0.05) is 18.8 Å². The van der Waals surface area contributed by atoms with Crippen molar-refractivity contribution in [3.05, 3.63) is 77.1 Å². The molecule has 1 heterocycles. The van der Waals surface area contributed by atoms with E-state index in [1.807, 2.05) is 43.7 Å². The predicted octanol–water partition coefficient (Wildman–Crippen LogP) is 2.39. The highest BCUT2D eigenvalue weighted by Gasteiger charge is 2.10. The van der Waals surface area contributed by atoms with Gasteiger partial charge in [0.15, 0.2) is 5.96 Å². The minimum absolute atomic E-state index is 0.0889. The van der Waals surface area contributed by atoms with Crippen LogP contribution in [0.3, 0.4) is 0 Å². The Hall–Kier alpha value is -3.17. The molecule has 4 N–H and O–H groups in total. The van der Waals surface area contributed by atoms with Crippen molar-refractivity contribution in [2.45, 2.75) is 38.8 Å². The lowest BCUT2D eigenvalue weighted by Gasteiger charge is -2.15. The third-order valence-corrected chi connectivity index (χ3v) is 5.62. The Labute approximate surface area is 183 Å². The van der Waals surface area contributed by atoms with E-state index < -0.39 is 10.0 Å². The van der Waals surface area contributed by atoms with Gasteiger partial charge in [0.2, 0.25) is 10.0 Å². The number of sulfonamides is 1. The maximum atomic E-state index is 11.4. The first-order chi connectivity index (χ1) is 14.8. The lowest BCUT2D eigenvalue weighted by molar-refractivity contribution is 0.598. The van der Waals surface area contributed by atoms with E-state index in [0.29, 0.717) is 19.0 Å². The Morgan fingerprint density at radius 1 is 1.10 bits per heavy atom. The third-order valence-electron chi connectivity index (χ3n) is 4.69. The Bertz CT molecular complexity index is 1170. The van der Waals surface area contributed by atoms with Gasteiger partial charge in [0.05, 0.1) is 22.8 Å². The van der Waals surface area contributed by atoms with Crippen LogP contribution in [-0.4, -0.2) is 30.7 Å². The zero-order chi connectivity index (χ0) is 22.4. The smallest absolute Gasteiger partial charge is 0.238 e. The van der Waals surface area contributed by atoms with Gasteiger partial charge in [-0.25, -0.2) is 23.2 Å². The number of hydrogen-bond acceptors (Lipinski definition) is 4. The third kappa shape index (κ3) is 5.93. The number of guanidine groups is 1. The van der Waals surface area contributed by atoms with Crippen LogP contribution in [0.2, 0.25) is 0 Å². The normalized spacial score (nSPS) is 12.1. The first kappa shape index (κ1) is 22.5. The molecule has 3 rings (SSSR count). The predicted molar refractivity (Wildman–Crippen MR) is 123 cm³/mol. The zero-order valence-electron chi connectivity index (χ0n) is 18.0. The molecule has 1 aromatic heterocycles. The average Bonchev–Trinajstić information content (AvgIpc) is 3.07. The number of nitrogens with one attached hydrogen (secondary N) is 2. The number of hydrogen-bond donors (Lipinski definition) is 3. The molecule has 0 amide bonds. The van der Waals surface area contributed by atoms with Crippen LogP contribution in [0.4, 0.5) is 0 Å². The molecule has 0 atom stereocenters. The fourth-order valence-electron chi connectivity index (χ4n) is 3.22. The van der Waals surface area contributed by atoms with E-state index in [0.717, 1.165) is 34.7 Å². The lowest BCUT2D eigenvalue weighted by atomic mass is 10.1. The summed E-state index contributed by atoms with van der Waals surface area (Å²) < 4.78 is 24.7. The van der Waals surface area contributed by atoms with Crippen molar-refractivity contribution in [1.29, 1.82) is 0 Å². The number of aryl methyl sites for hydroxylation is 2. The van der Waals surface area contributed by atoms with E-state index in [4.69, 9.17) is 5.14 Å². The lowest BCUT2D eigenvalue weighted by Crippen LogP contribution is -2.37. The van der Waals surface area contributed by atoms with Gasteiger partial charge in [-0.2, -0.15) is 5.10 Å². The molecule has 0 aliphatic heterocycles. The zero-order valence-corrected chi connectivity index (χ0v) is 18.8. The summed E-state index contributed by atoms with van der Waals surface area (Å²) in [5.41, 5.74) is 5.05. The maximum Gasteiger partial charge on any atom is 0.238 e. The Balaban J connectivity index is 1.73. The molecule has 0 saturated carbocycles. The molecule has 0 bridgehead atoms. The van der Waals surface area contributed by atoms with Crippen molar-refractivity contribution < 1.29 is 8.42 Å². The highest BCUT2D eigenvalue weighted by atomic mass is 32.2. The highest BCUT2D eigenvalue weighted by molar-refractivity contribution is 7.89. The largest absolute Gasteiger partial charge is 0.357 e. The van der Waals surface area contributed by atoms with Gasteiger partial charge in [0.1, 0.15) is 0 Å². The molecule has 0 radical (unpaired) electrons. The van der Waals surface area contributed by atoms with Crippen LogP contribution < -0.4 is 15.8 Å². The van der Waals surface area contributed by atoms with Crippen molar-refractivity contribution in [1.82, 2.24) is 20.4 Å². The van der Waals surface area contributed by atoms with E-state index in [9.17, 15) is 8.42 Å². The van der Waals surface area contributed by atoms with Crippen LogP contribution in [0.5, 0.6) is 0 Å². The standard InChI is InChI=1S/C22H28N6O2S/c1-4-24-22(25-14-18-9-11-20(12-10-18)31(23,29)30)26-15-19-7-5-6-8-21(19)28-17(3)13-16(2)27-28/h5-13H,4,14-15H2,1-3H3,(H2,23,29,30)(H2,24,25,26). The molecule has 164 valence electrons. The molecule has 0 aliphatic rings. The van der Waals surface area contributed by atoms with Gasteiger partial charge in [-0.15, -0.1) is 0 Å². The molecule has 0 spiro atoms. The number of nitrogens with zero attached hydrogens (tertiary/aromatic N) is 3. The van der Waals surface area contributed by atoms with Gasteiger partial charge in [-0.1, -0.05) is 30.3 Å². The van der Waals surface area contributed by atoms with E-state index in [1.165, 1.54) is 12.1 Å². The van der Waals surface area contributed by atoms with E-state index in [2.05, 4.69) is 32.9 Å². The summed E-state index contributed by atoms with van der Waals surface area (Å²) in [4.78, 5) is 4.69. The Kier molecular flexibility index (Phi) is 7.09. The molecule has 0 saturated heterocycles. The van der Waals surface area contributed by atoms with Crippen molar-refractivity contribution in [3.63, 3.8) is 0 Å². The monoisotopic (exact) mass is 440 g/mol. The van der Waals surface area contributed by atoms with Crippen molar-refractivity contribution in [2.75, 3.05) is 6.54 Å². The summed E-state index contributed by atoms with van der Waals surface area (Å²) in [7, 11) is -3.69. The second-order valence-electron chi connectivity index (χ2n) is 7.21. The molecule has 3 aromatic rings. The molecule has 8 nitrogen and oxygen atoms in total. The summed E-state index contributed by atoms with van der Waals surface area (Å²) in [5, 5.41) is 16.3. The molecule has 2 aromatic carbocycles. The first-order valence-electron chi connectivity index (χ1n) is 10.0. The molecule has 0 aliphatic carbocycles. The van der Waals surface area contributed by atoms with Crippen LogP contribution in [0, 0.1) is 13.8 Å². The Morgan fingerprint density at radius 2 is 1.81 bits per heavy atom. The molecular formula is C22H28N6O2S. The topological polar surface area (TPSA) is 114 Å². The van der Waals surface area contributed by atoms with Crippen molar-refractivity contribution >= 4 is 16.0 Å². The molecule has 0 unspecified atom stereocenters. The van der Waals surface area contributed by atoms with Crippen LogP contribution in [0.25, 0.3) is 5.69 Å². The SMILES string of the molecule is CCNC(=NCc1ccc(S(N)(=O)=O)cc1)NCc1ccccc1-n1nc(C)cc1C. The minimum atomic E-state index is -3.69. The average molecular weight is 441 g/mol. The van der Waals surface area contributed by atoms with Gasteiger partial charge in [0.25, 0.3) is 0 Å². The van der Waals surface area contributed by atoms with E-state index >= 15 is 0 Å². The number of primary sulfonamides is 1. The van der Waals surface area contributed by atoms with E-state index in [-0.39, 0.29) is 4.90 Å². The van der Waals surface area contributed by atoms with Crippen LogP contribution >= 0.6 is 0 Å². The van der Waals surface area contributed by atoms with Gasteiger partial charge in [-0.05, 0) is 56.2 Å². The number of para-hydroxylation sites is 1. The van der Waals surface area contributed by atoms with Crippen molar-refractivity contribution in [2.24, 2.45) is 10.1 Å². The van der Waals surface area contributed by atoms with E-state index in [1.54, 1.807) is 12.1 Å². The number of nitrogens with two attached hydrogens (primary N) is 1. The quantitative estimate of drug-likeness (QED) is 0.386. The molecule has 31 heavy (non-hydrogen) atoms. The summed E-state index contributed by atoms with van der Waals surface area (Å²) >= 11 is 0. The fourth-order valence-corrected chi connectivity index (χ4v) is 3.73. The summed E-state index contributed by atoms with van der Waals surface area (Å²) in [6.07, 6.45) is 0. The number of aromatic nitrogens is 2. The van der Waals surface area contributed by atoms with Crippen LogP contribution in [0.15, 0.2) is 64.5 Å². The van der Waals surface area contributed by atoms with Gasteiger partial charge in [-0.3, -0.25) is 0 Å². The maximum absolute atomic E-state index is 11.4. The fraction of sp³-hybridized carbons (Fsp3) is 0.273. The summed E-state index contributed by atoms with van der Waals surface area (Å²) in [6.45, 7) is 7.72.